The van der Waals surface area contributed by atoms with Crippen molar-refractivity contribution in [3.63, 3.8) is 0 Å². The van der Waals surface area contributed by atoms with E-state index in [1.54, 1.807) is 0 Å². The van der Waals surface area contributed by atoms with E-state index in [1.807, 2.05) is 6.92 Å². The molecule has 0 heterocycles. The first-order chi connectivity index (χ1) is 5.91. The number of rotatable bonds is 0. The summed E-state index contributed by atoms with van der Waals surface area (Å²) in [5.41, 5.74) is 0. The van der Waals surface area contributed by atoms with Crippen LogP contribution in [0.4, 0.5) is 0 Å². The molecule has 0 amide bonds. The van der Waals surface area contributed by atoms with Crippen LogP contribution in [0, 0.1) is 35.5 Å². The van der Waals surface area contributed by atoms with Crippen molar-refractivity contribution >= 4 is 0 Å². The van der Waals surface area contributed by atoms with Gasteiger partial charge in [-0.05, 0) is 0 Å². The average Bonchev–Trinajstić information content (AvgIpc) is 2.10. The van der Waals surface area contributed by atoms with E-state index >= 15 is 0 Å². The summed E-state index contributed by atoms with van der Waals surface area (Å²) in [6.45, 7) is 1.92. The lowest BCUT2D eigenvalue weighted by atomic mass is 10.3. The summed E-state index contributed by atoms with van der Waals surface area (Å²) >= 11 is 0. The van der Waals surface area contributed by atoms with Gasteiger partial charge >= 0.3 is 0 Å². The molecule has 0 unspecified atom stereocenters. The molecule has 62 valence electrons. The molecule has 0 saturated heterocycles. The third kappa shape index (κ3) is 8.64. The Kier molecular flexibility index (Phi) is 8.55. The van der Waals surface area contributed by atoms with Crippen molar-refractivity contribution in [2.75, 3.05) is 6.61 Å². The first-order valence-electron chi connectivity index (χ1n) is 3.89. The highest BCUT2D eigenvalue weighted by Crippen LogP contribution is 1.75. The van der Waals surface area contributed by atoms with Crippen LogP contribution in [0.15, 0.2) is 0 Å². The number of aliphatic hydroxyl groups excluding tert-OH is 1. The molecule has 12 heavy (non-hydrogen) atoms. The van der Waals surface area contributed by atoms with Gasteiger partial charge in [-0.3, -0.25) is 0 Å². The highest BCUT2D eigenvalue weighted by atomic mass is 16.2. The minimum Gasteiger partial charge on any atom is -0.384 e. The molecule has 0 saturated carbocycles. The molecule has 0 aromatic carbocycles. The number of hydrogen-bond donors (Lipinski definition) is 1. The van der Waals surface area contributed by atoms with Gasteiger partial charge < -0.3 is 5.11 Å². The molecule has 0 aromatic rings. The minimum absolute atomic E-state index is 0.0860. The highest BCUT2D eigenvalue weighted by molar-refractivity contribution is 5.15. The second-order valence-electron chi connectivity index (χ2n) is 1.93. The van der Waals surface area contributed by atoms with Crippen LogP contribution in [0.5, 0.6) is 0 Å². The lowest BCUT2D eigenvalue weighted by molar-refractivity contribution is 0.350. The zero-order valence-corrected chi connectivity index (χ0v) is 7.28. The lowest BCUT2D eigenvalue weighted by Gasteiger charge is -1.72. The summed E-state index contributed by atoms with van der Waals surface area (Å²) in [5.74, 6) is 16.8. The average molecular weight is 160 g/mol. The standard InChI is InChI=1S/C11H12O/c1-2-3-4-5-6-7-8-9-10-11-12/h12H,2,5,8,11H2,1H3. The Labute approximate surface area is 74.2 Å². The van der Waals surface area contributed by atoms with E-state index in [4.69, 9.17) is 5.11 Å². The number of aliphatic hydroxyl groups is 1. The molecule has 0 aliphatic rings. The lowest BCUT2D eigenvalue weighted by Crippen LogP contribution is -1.70. The molecule has 0 aliphatic heterocycles. The van der Waals surface area contributed by atoms with E-state index in [9.17, 15) is 0 Å². The highest BCUT2D eigenvalue weighted by Gasteiger charge is 1.67. The van der Waals surface area contributed by atoms with E-state index in [1.165, 1.54) is 0 Å². The summed E-state index contributed by atoms with van der Waals surface area (Å²) in [4.78, 5) is 0. The summed E-state index contributed by atoms with van der Waals surface area (Å²) in [6.07, 6.45) is 2.02. The Hall–Kier alpha value is -1.36. The fraction of sp³-hybridized carbons (Fsp3) is 0.455. The molecule has 1 nitrogen and oxygen atoms in total. The van der Waals surface area contributed by atoms with Crippen molar-refractivity contribution in [1.29, 1.82) is 0 Å². The van der Waals surface area contributed by atoms with Gasteiger partial charge in [-0.15, -0.1) is 5.92 Å². The second-order valence-corrected chi connectivity index (χ2v) is 1.93. The van der Waals surface area contributed by atoms with E-state index in [2.05, 4.69) is 35.5 Å². The first kappa shape index (κ1) is 10.6. The molecule has 0 spiro atoms. The predicted molar refractivity (Wildman–Crippen MR) is 49.9 cm³/mol. The van der Waals surface area contributed by atoms with E-state index < -0.39 is 0 Å². The van der Waals surface area contributed by atoms with Crippen molar-refractivity contribution < 1.29 is 5.11 Å². The van der Waals surface area contributed by atoms with E-state index in [0.717, 1.165) is 6.42 Å². The molecule has 0 atom stereocenters. The zero-order chi connectivity index (χ0) is 9.07. The van der Waals surface area contributed by atoms with Gasteiger partial charge in [0.2, 0.25) is 0 Å². The van der Waals surface area contributed by atoms with Crippen molar-refractivity contribution in [1.82, 2.24) is 0 Å². The fourth-order valence-corrected chi connectivity index (χ4v) is 0.519. The smallest absolute Gasteiger partial charge is 0.104 e. The Bertz CT molecular complexity index is 241. The Balaban J connectivity index is 3.47. The predicted octanol–water partition coefficient (Wildman–Crippen LogP) is 1.18. The summed E-state index contributed by atoms with van der Waals surface area (Å²) < 4.78 is 0. The van der Waals surface area contributed by atoms with Crippen molar-refractivity contribution in [2.24, 2.45) is 0 Å². The van der Waals surface area contributed by atoms with Crippen LogP contribution in [0.1, 0.15) is 26.2 Å². The summed E-state index contributed by atoms with van der Waals surface area (Å²) in [6, 6.07) is 0. The molecule has 0 bridgehead atoms. The third-order valence-corrected chi connectivity index (χ3v) is 0.984. The maximum absolute atomic E-state index is 8.29. The first-order valence-corrected chi connectivity index (χ1v) is 3.89. The molecular formula is C11H12O. The van der Waals surface area contributed by atoms with Crippen LogP contribution < -0.4 is 0 Å². The molecule has 0 aliphatic carbocycles. The summed E-state index contributed by atoms with van der Waals surface area (Å²) in [7, 11) is 0. The molecule has 0 aromatic heterocycles. The van der Waals surface area contributed by atoms with Gasteiger partial charge in [0.1, 0.15) is 6.61 Å². The van der Waals surface area contributed by atoms with Crippen molar-refractivity contribution in [3.05, 3.63) is 0 Å². The largest absolute Gasteiger partial charge is 0.384 e. The zero-order valence-electron chi connectivity index (χ0n) is 7.28. The third-order valence-electron chi connectivity index (χ3n) is 0.984. The van der Waals surface area contributed by atoms with Crippen LogP contribution in [0.2, 0.25) is 0 Å². The van der Waals surface area contributed by atoms with Crippen LogP contribution in [0.3, 0.4) is 0 Å². The van der Waals surface area contributed by atoms with Gasteiger partial charge in [-0.2, -0.15) is 0 Å². The van der Waals surface area contributed by atoms with Gasteiger partial charge in [0.25, 0.3) is 0 Å². The monoisotopic (exact) mass is 160 g/mol. The Morgan fingerprint density at radius 2 is 1.33 bits per heavy atom. The number of hydrogen-bond acceptors (Lipinski definition) is 1. The van der Waals surface area contributed by atoms with Gasteiger partial charge in [0.05, 0.1) is 12.8 Å². The molecule has 0 rings (SSSR count). The van der Waals surface area contributed by atoms with Gasteiger partial charge in [0, 0.05) is 6.42 Å². The summed E-state index contributed by atoms with van der Waals surface area (Å²) in [5, 5.41) is 8.29. The van der Waals surface area contributed by atoms with Crippen LogP contribution >= 0.6 is 0 Å². The molecule has 1 heteroatoms. The van der Waals surface area contributed by atoms with Gasteiger partial charge in [0.15, 0.2) is 0 Å². The minimum atomic E-state index is -0.0860. The van der Waals surface area contributed by atoms with E-state index in [-0.39, 0.29) is 6.61 Å². The van der Waals surface area contributed by atoms with Crippen LogP contribution in [-0.4, -0.2) is 11.7 Å². The van der Waals surface area contributed by atoms with Crippen LogP contribution in [-0.2, 0) is 0 Å². The molecule has 0 fully saturated rings. The topological polar surface area (TPSA) is 20.2 Å². The Morgan fingerprint density at radius 3 is 1.83 bits per heavy atom. The quantitative estimate of drug-likeness (QED) is 0.527. The normalized spacial score (nSPS) is 6.50. The fourth-order valence-electron chi connectivity index (χ4n) is 0.519. The van der Waals surface area contributed by atoms with Crippen molar-refractivity contribution in [3.8, 4) is 35.5 Å². The molecule has 1 N–H and O–H groups in total. The maximum atomic E-state index is 8.29. The van der Waals surface area contributed by atoms with Gasteiger partial charge in [-0.25, -0.2) is 0 Å². The van der Waals surface area contributed by atoms with Gasteiger partial charge in [-0.1, -0.05) is 36.5 Å². The van der Waals surface area contributed by atoms with Crippen molar-refractivity contribution in [2.45, 2.75) is 26.2 Å². The molecule has 0 radical (unpaired) electrons. The Morgan fingerprint density at radius 1 is 0.833 bits per heavy atom. The maximum Gasteiger partial charge on any atom is 0.104 e. The van der Waals surface area contributed by atoms with Crippen LogP contribution in [0.25, 0.3) is 0 Å². The molecular weight excluding hydrogens is 148 g/mol. The SMILES string of the molecule is CCC#CCC#CCC#CCO. The van der Waals surface area contributed by atoms with E-state index in [0.29, 0.717) is 12.8 Å². The second kappa shape index (κ2) is 9.64.